The lowest BCUT2D eigenvalue weighted by molar-refractivity contribution is -0.384. The molecule has 1 aromatic carbocycles. The molecule has 18 heavy (non-hydrogen) atoms. The van der Waals surface area contributed by atoms with E-state index in [-0.39, 0.29) is 5.69 Å². The average Bonchev–Trinajstić information content (AvgIpc) is 2.34. The van der Waals surface area contributed by atoms with Crippen LogP contribution in [0.4, 0.5) is 11.4 Å². The number of hydrogen-bond acceptors (Lipinski definition) is 4. The highest BCUT2D eigenvalue weighted by Gasteiger charge is 2.15. The maximum atomic E-state index is 10.9. The third-order valence-electron chi connectivity index (χ3n) is 3.07. The Bertz CT molecular complexity index is 478. The number of nitrogens with one attached hydrogen (secondary N) is 1. The fourth-order valence-corrected chi connectivity index (χ4v) is 1.41. The second-order valence-corrected chi connectivity index (χ2v) is 4.70. The normalized spacial score (nSPS) is 11.9. The summed E-state index contributed by atoms with van der Waals surface area (Å²) in [6, 6.07) is 6.32. The predicted molar refractivity (Wildman–Crippen MR) is 70.3 cm³/mol. The molecule has 96 valence electrons. The molecule has 0 saturated heterocycles. The zero-order valence-electron chi connectivity index (χ0n) is 10.8. The Hall–Kier alpha value is -2.09. The summed E-state index contributed by atoms with van der Waals surface area (Å²) < 4.78 is 0. The minimum Gasteiger partial charge on any atom is -0.379 e. The van der Waals surface area contributed by atoms with Crippen molar-refractivity contribution in [3.8, 4) is 6.07 Å². The van der Waals surface area contributed by atoms with Crippen LogP contribution < -0.4 is 5.32 Å². The van der Waals surface area contributed by atoms with Crippen molar-refractivity contribution in [2.75, 3.05) is 11.9 Å². The van der Waals surface area contributed by atoms with Crippen molar-refractivity contribution in [1.29, 1.82) is 5.26 Å². The molecule has 0 saturated carbocycles. The quantitative estimate of drug-likeness (QED) is 0.640. The zero-order valence-corrected chi connectivity index (χ0v) is 10.8. The SMILES string of the molecule is CC(C)C(C)CNc1cc(C#N)ccc1[N+](=O)[O-]. The van der Waals surface area contributed by atoms with Gasteiger partial charge in [-0.05, 0) is 24.0 Å². The van der Waals surface area contributed by atoms with Gasteiger partial charge in [0.2, 0.25) is 0 Å². The highest BCUT2D eigenvalue weighted by atomic mass is 16.6. The van der Waals surface area contributed by atoms with E-state index in [9.17, 15) is 10.1 Å². The van der Waals surface area contributed by atoms with Crippen molar-refractivity contribution in [2.45, 2.75) is 20.8 Å². The van der Waals surface area contributed by atoms with Crippen molar-refractivity contribution >= 4 is 11.4 Å². The minimum absolute atomic E-state index is 0.00459. The van der Waals surface area contributed by atoms with Gasteiger partial charge in [0.15, 0.2) is 0 Å². The summed E-state index contributed by atoms with van der Waals surface area (Å²) in [5.74, 6) is 0.894. The maximum absolute atomic E-state index is 10.9. The van der Waals surface area contributed by atoms with E-state index in [0.29, 0.717) is 29.6 Å². The third kappa shape index (κ3) is 3.45. The molecule has 0 amide bonds. The van der Waals surface area contributed by atoms with Crippen molar-refractivity contribution in [3.63, 3.8) is 0 Å². The molecule has 0 aliphatic heterocycles. The topological polar surface area (TPSA) is 79.0 Å². The molecular weight excluding hydrogens is 230 g/mol. The Kier molecular flexibility index (Phi) is 4.67. The number of nitro groups is 1. The zero-order chi connectivity index (χ0) is 13.7. The van der Waals surface area contributed by atoms with Gasteiger partial charge in [0.1, 0.15) is 5.69 Å². The fourth-order valence-electron chi connectivity index (χ4n) is 1.41. The third-order valence-corrected chi connectivity index (χ3v) is 3.07. The fraction of sp³-hybridized carbons (Fsp3) is 0.462. The summed E-state index contributed by atoms with van der Waals surface area (Å²) in [5, 5.41) is 22.7. The largest absolute Gasteiger partial charge is 0.379 e. The van der Waals surface area contributed by atoms with E-state index in [0.717, 1.165) is 0 Å². The van der Waals surface area contributed by atoms with Crippen molar-refractivity contribution < 1.29 is 4.92 Å². The average molecular weight is 247 g/mol. The highest BCUT2D eigenvalue weighted by Crippen LogP contribution is 2.26. The van der Waals surface area contributed by atoms with Gasteiger partial charge in [-0.2, -0.15) is 5.26 Å². The van der Waals surface area contributed by atoms with E-state index < -0.39 is 4.92 Å². The summed E-state index contributed by atoms with van der Waals surface area (Å²) in [6.45, 7) is 6.93. The minimum atomic E-state index is -0.441. The second-order valence-electron chi connectivity index (χ2n) is 4.70. The number of nitro benzene ring substituents is 1. The van der Waals surface area contributed by atoms with E-state index in [1.165, 1.54) is 18.2 Å². The molecule has 1 N–H and O–H groups in total. The molecule has 5 heteroatoms. The number of anilines is 1. The van der Waals surface area contributed by atoms with Crippen LogP contribution in [-0.2, 0) is 0 Å². The van der Waals surface area contributed by atoms with E-state index in [1.807, 2.05) is 6.07 Å². The predicted octanol–water partition coefficient (Wildman–Crippen LogP) is 3.17. The van der Waals surface area contributed by atoms with Crippen LogP contribution in [0, 0.1) is 33.3 Å². The van der Waals surface area contributed by atoms with Gasteiger partial charge in [0.25, 0.3) is 5.69 Å². The van der Waals surface area contributed by atoms with Gasteiger partial charge in [-0.25, -0.2) is 0 Å². The first-order chi connectivity index (χ1) is 8.45. The molecule has 1 rings (SSSR count). The standard InChI is InChI=1S/C13H17N3O2/c1-9(2)10(3)8-15-12-6-11(7-14)4-5-13(12)16(17)18/h4-6,9-10,15H,8H2,1-3H3. The number of benzene rings is 1. The maximum Gasteiger partial charge on any atom is 0.292 e. The van der Waals surface area contributed by atoms with Crippen LogP contribution in [0.15, 0.2) is 18.2 Å². The van der Waals surface area contributed by atoms with Crippen molar-refractivity contribution in [3.05, 3.63) is 33.9 Å². The van der Waals surface area contributed by atoms with Gasteiger partial charge in [0, 0.05) is 12.6 Å². The lowest BCUT2D eigenvalue weighted by Gasteiger charge is -2.16. The smallest absolute Gasteiger partial charge is 0.292 e. The number of nitrogens with zero attached hydrogens (tertiary/aromatic N) is 2. The van der Waals surface area contributed by atoms with Crippen LogP contribution in [0.5, 0.6) is 0 Å². The number of rotatable bonds is 5. The Balaban J connectivity index is 2.92. The van der Waals surface area contributed by atoms with Crippen LogP contribution in [-0.4, -0.2) is 11.5 Å². The van der Waals surface area contributed by atoms with Crippen LogP contribution in [0.1, 0.15) is 26.3 Å². The Morgan fingerprint density at radius 3 is 2.61 bits per heavy atom. The number of nitriles is 1. The van der Waals surface area contributed by atoms with Gasteiger partial charge in [-0.15, -0.1) is 0 Å². The van der Waals surface area contributed by atoms with Gasteiger partial charge in [0.05, 0.1) is 16.6 Å². The van der Waals surface area contributed by atoms with Gasteiger partial charge >= 0.3 is 0 Å². The summed E-state index contributed by atoms with van der Waals surface area (Å²) in [6.07, 6.45) is 0. The molecule has 0 heterocycles. The van der Waals surface area contributed by atoms with Crippen LogP contribution in [0.2, 0.25) is 0 Å². The summed E-state index contributed by atoms with van der Waals surface area (Å²) in [4.78, 5) is 10.4. The molecule has 0 aromatic heterocycles. The monoisotopic (exact) mass is 247 g/mol. The number of hydrogen-bond donors (Lipinski definition) is 1. The molecule has 0 fully saturated rings. The van der Waals surface area contributed by atoms with E-state index in [4.69, 9.17) is 5.26 Å². The molecule has 1 atom stereocenters. The molecule has 0 aliphatic carbocycles. The molecule has 1 aromatic rings. The lowest BCUT2D eigenvalue weighted by atomic mass is 9.98. The van der Waals surface area contributed by atoms with E-state index in [2.05, 4.69) is 26.1 Å². The molecule has 0 spiro atoms. The van der Waals surface area contributed by atoms with Gasteiger partial charge in [-0.1, -0.05) is 20.8 Å². The van der Waals surface area contributed by atoms with Gasteiger partial charge < -0.3 is 5.32 Å². The first kappa shape index (κ1) is 14.0. The molecule has 5 nitrogen and oxygen atoms in total. The molecule has 0 bridgehead atoms. The summed E-state index contributed by atoms with van der Waals surface area (Å²) in [7, 11) is 0. The van der Waals surface area contributed by atoms with Crippen LogP contribution >= 0.6 is 0 Å². The van der Waals surface area contributed by atoms with Crippen LogP contribution in [0.25, 0.3) is 0 Å². The Morgan fingerprint density at radius 1 is 1.44 bits per heavy atom. The second kappa shape index (κ2) is 6.01. The summed E-state index contributed by atoms with van der Waals surface area (Å²) >= 11 is 0. The Labute approximate surface area is 107 Å². The molecule has 0 aliphatic rings. The van der Waals surface area contributed by atoms with E-state index >= 15 is 0 Å². The van der Waals surface area contributed by atoms with E-state index in [1.54, 1.807) is 0 Å². The molecule has 0 radical (unpaired) electrons. The molecule has 1 unspecified atom stereocenters. The first-order valence-corrected chi connectivity index (χ1v) is 5.88. The highest BCUT2D eigenvalue weighted by molar-refractivity contribution is 5.64. The first-order valence-electron chi connectivity index (χ1n) is 5.88. The van der Waals surface area contributed by atoms with Crippen LogP contribution in [0.3, 0.4) is 0 Å². The lowest BCUT2D eigenvalue weighted by Crippen LogP contribution is -2.16. The summed E-state index contributed by atoms with van der Waals surface area (Å²) in [5.41, 5.74) is 0.830. The Morgan fingerprint density at radius 2 is 2.11 bits per heavy atom. The molecular formula is C13H17N3O2. The van der Waals surface area contributed by atoms with Crippen molar-refractivity contribution in [2.24, 2.45) is 11.8 Å². The van der Waals surface area contributed by atoms with Crippen molar-refractivity contribution in [1.82, 2.24) is 0 Å². The van der Waals surface area contributed by atoms with Gasteiger partial charge in [-0.3, -0.25) is 10.1 Å².